The van der Waals surface area contributed by atoms with Crippen LogP contribution in [0.3, 0.4) is 0 Å². The van der Waals surface area contributed by atoms with Crippen LogP contribution < -0.4 is 10.6 Å². The number of nitrogens with one attached hydrogen (secondary N) is 1. The lowest BCUT2D eigenvalue weighted by Gasteiger charge is -2.14. The molecule has 1 aromatic carbocycles. The van der Waals surface area contributed by atoms with E-state index in [4.69, 9.17) is 0 Å². The molecule has 88 valence electrons. The second-order valence-electron chi connectivity index (χ2n) is 3.89. The normalized spacial score (nSPS) is 10.6. The fourth-order valence-corrected chi connectivity index (χ4v) is 2.54. The van der Waals surface area contributed by atoms with Crippen molar-refractivity contribution in [1.82, 2.24) is 4.98 Å². The zero-order chi connectivity index (χ0) is 12.3. The molecule has 1 N–H and O–H groups in total. The highest BCUT2D eigenvalue weighted by molar-refractivity contribution is 7.64. The van der Waals surface area contributed by atoms with E-state index in [9.17, 15) is 4.39 Å². The van der Waals surface area contributed by atoms with Crippen LogP contribution in [-0.4, -0.2) is 18.3 Å². The van der Waals surface area contributed by atoms with E-state index in [0.29, 0.717) is 5.69 Å². The Morgan fingerprint density at radius 3 is 2.59 bits per heavy atom. The van der Waals surface area contributed by atoms with Crippen molar-refractivity contribution in [3.8, 4) is 0 Å². The van der Waals surface area contributed by atoms with E-state index in [1.807, 2.05) is 12.1 Å². The van der Waals surface area contributed by atoms with Crippen molar-refractivity contribution >= 4 is 24.6 Å². The highest BCUT2D eigenvalue weighted by Gasteiger charge is 2.07. The van der Waals surface area contributed by atoms with Gasteiger partial charge < -0.3 is 5.32 Å². The summed E-state index contributed by atoms with van der Waals surface area (Å²) >= 11 is 0. The molecule has 0 aliphatic rings. The summed E-state index contributed by atoms with van der Waals surface area (Å²) in [5.74, 6) is -0.251. The van der Waals surface area contributed by atoms with Gasteiger partial charge in [-0.1, -0.05) is 20.1 Å². The molecule has 0 spiro atoms. The van der Waals surface area contributed by atoms with Crippen molar-refractivity contribution in [2.75, 3.05) is 18.6 Å². The minimum Gasteiger partial charge on any atom is -0.351 e. The number of anilines is 2. The molecular weight excluding hydrogens is 234 g/mol. The fourth-order valence-electron chi connectivity index (χ4n) is 1.58. The molecule has 17 heavy (non-hydrogen) atoms. The maximum atomic E-state index is 13.5. The van der Waals surface area contributed by atoms with Crippen molar-refractivity contribution in [3.63, 3.8) is 0 Å². The Morgan fingerprint density at radius 2 is 1.88 bits per heavy atom. The Labute approximate surface area is 102 Å². The smallest absolute Gasteiger partial charge is 0.146 e. The summed E-state index contributed by atoms with van der Waals surface area (Å²) < 4.78 is 13.5. The second-order valence-corrected chi connectivity index (χ2v) is 6.16. The third-order valence-electron chi connectivity index (χ3n) is 2.42. The predicted octanol–water partition coefficient (Wildman–Crippen LogP) is 3.33. The lowest BCUT2D eigenvalue weighted by Crippen LogP contribution is -2.08. The largest absolute Gasteiger partial charge is 0.351 e. The molecule has 0 radical (unpaired) electrons. The molecule has 0 saturated heterocycles. The summed E-state index contributed by atoms with van der Waals surface area (Å²) in [4.78, 5) is 4.08. The highest BCUT2D eigenvalue weighted by Crippen LogP contribution is 2.29. The average molecular weight is 248 g/mol. The number of hydrogen-bond acceptors (Lipinski definition) is 2. The molecule has 2 aromatic rings. The summed E-state index contributed by atoms with van der Waals surface area (Å²) in [6.07, 6.45) is 3.51. The van der Waals surface area contributed by atoms with E-state index in [1.54, 1.807) is 24.5 Å². The minimum absolute atomic E-state index is 0.247. The van der Waals surface area contributed by atoms with Gasteiger partial charge in [0, 0.05) is 11.5 Å². The van der Waals surface area contributed by atoms with Gasteiger partial charge in [-0.3, -0.25) is 4.98 Å². The lowest BCUT2D eigenvalue weighted by atomic mass is 10.3. The van der Waals surface area contributed by atoms with Gasteiger partial charge in [0.15, 0.2) is 0 Å². The van der Waals surface area contributed by atoms with Crippen molar-refractivity contribution in [2.45, 2.75) is 0 Å². The van der Waals surface area contributed by atoms with Crippen LogP contribution in [0.2, 0.25) is 0 Å². The molecular formula is C13H14FN2P. The van der Waals surface area contributed by atoms with Crippen LogP contribution in [-0.2, 0) is 0 Å². The molecule has 0 unspecified atom stereocenters. The molecule has 4 heteroatoms. The van der Waals surface area contributed by atoms with Crippen LogP contribution in [0.5, 0.6) is 0 Å². The number of hydrogen-bond donors (Lipinski definition) is 1. The number of aromatic nitrogens is 1. The SMILES string of the molecule is CP(C)c1ccncc1Nc1ccccc1F. The number of halogens is 1. The fraction of sp³-hybridized carbons (Fsp3) is 0.154. The first kappa shape index (κ1) is 12.0. The quantitative estimate of drug-likeness (QED) is 0.843. The molecule has 0 atom stereocenters. The van der Waals surface area contributed by atoms with Gasteiger partial charge in [-0.15, -0.1) is 0 Å². The molecule has 0 bridgehead atoms. The van der Waals surface area contributed by atoms with Gasteiger partial charge in [-0.25, -0.2) is 4.39 Å². The topological polar surface area (TPSA) is 24.9 Å². The summed E-state index contributed by atoms with van der Waals surface area (Å²) in [5.41, 5.74) is 1.37. The van der Waals surface area contributed by atoms with E-state index in [2.05, 4.69) is 23.6 Å². The zero-order valence-corrected chi connectivity index (χ0v) is 10.7. The van der Waals surface area contributed by atoms with Crippen LogP contribution in [0.1, 0.15) is 0 Å². The number of benzene rings is 1. The summed E-state index contributed by atoms with van der Waals surface area (Å²) in [7, 11) is -0.247. The molecule has 1 aromatic heterocycles. The van der Waals surface area contributed by atoms with Crippen LogP contribution in [0.25, 0.3) is 0 Å². The molecule has 0 amide bonds. The summed E-state index contributed by atoms with van der Waals surface area (Å²) in [6, 6.07) is 8.63. The van der Waals surface area contributed by atoms with Gasteiger partial charge in [0.1, 0.15) is 5.82 Å². The van der Waals surface area contributed by atoms with Gasteiger partial charge in [-0.05, 0) is 31.5 Å². The Bertz CT molecular complexity index is 514. The van der Waals surface area contributed by atoms with Gasteiger partial charge in [0.05, 0.1) is 17.6 Å². The standard InChI is InChI=1S/C13H14FN2P/c1-17(2)13-7-8-15-9-12(13)16-11-6-4-3-5-10(11)14/h3-9,16H,1-2H3. The van der Waals surface area contributed by atoms with Gasteiger partial charge in [0.2, 0.25) is 0 Å². The van der Waals surface area contributed by atoms with E-state index in [1.165, 1.54) is 11.4 Å². The molecule has 0 aliphatic carbocycles. The van der Waals surface area contributed by atoms with Crippen molar-refractivity contribution < 1.29 is 4.39 Å². The average Bonchev–Trinajstić information content (AvgIpc) is 2.32. The molecule has 0 saturated carbocycles. The van der Waals surface area contributed by atoms with Crippen LogP contribution in [0.15, 0.2) is 42.7 Å². The predicted molar refractivity (Wildman–Crippen MR) is 72.3 cm³/mol. The van der Waals surface area contributed by atoms with E-state index in [-0.39, 0.29) is 13.7 Å². The van der Waals surface area contributed by atoms with Gasteiger partial charge >= 0.3 is 0 Å². The molecule has 2 nitrogen and oxygen atoms in total. The maximum Gasteiger partial charge on any atom is 0.146 e. The Morgan fingerprint density at radius 1 is 1.12 bits per heavy atom. The van der Waals surface area contributed by atoms with Crippen molar-refractivity contribution in [1.29, 1.82) is 0 Å². The van der Waals surface area contributed by atoms with Crippen LogP contribution in [0, 0.1) is 5.82 Å². The van der Waals surface area contributed by atoms with Crippen molar-refractivity contribution in [2.24, 2.45) is 0 Å². The number of nitrogens with zero attached hydrogens (tertiary/aromatic N) is 1. The number of rotatable bonds is 3. The third kappa shape index (κ3) is 2.80. The van der Waals surface area contributed by atoms with Crippen LogP contribution in [0.4, 0.5) is 15.8 Å². The Kier molecular flexibility index (Phi) is 3.70. The number of para-hydroxylation sites is 1. The molecule has 0 aliphatic heterocycles. The van der Waals surface area contributed by atoms with E-state index in [0.717, 1.165) is 5.69 Å². The van der Waals surface area contributed by atoms with Crippen molar-refractivity contribution in [3.05, 3.63) is 48.5 Å². The first-order chi connectivity index (χ1) is 8.18. The van der Waals surface area contributed by atoms with Crippen LogP contribution >= 0.6 is 7.92 Å². The minimum atomic E-state index is -0.251. The monoisotopic (exact) mass is 248 g/mol. The van der Waals surface area contributed by atoms with Gasteiger partial charge in [-0.2, -0.15) is 0 Å². The zero-order valence-electron chi connectivity index (χ0n) is 9.81. The molecule has 2 rings (SSSR count). The molecule has 1 heterocycles. The van der Waals surface area contributed by atoms with E-state index >= 15 is 0 Å². The van der Waals surface area contributed by atoms with E-state index < -0.39 is 0 Å². The summed E-state index contributed by atoms with van der Waals surface area (Å²) in [5, 5.41) is 4.29. The third-order valence-corrected chi connectivity index (χ3v) is 3.78. The Balaban J connectivity index is 2.34. The number of pyridine rings is 1. The highest BCUT2D eigenvalue weighted by atomic mass is 31.1. The Hall–Kier alpha value is -1.47. The first-order valence-electron chi connectivity index (χ1n) is 5.31. The maximum absolute atomic E-state index is 13.5. The lowest BCUT2D eigenvalue weighted by molar-refractivity contribution is 0.632. The second kappa shape index (κ2) is 5.24. The summed E-state index contributed by atoms with van der Waals surface area (Å²) in [6.45, 7) is 4.33. The molecule has 0 fully saturated rings. The van der Waals surface area contributed by atoms with Gasteiger partial charge in [0.25, 0.3) is 0 Å². The first-order valence-corrected chi connectivity index (χ1v) is 7.55.